The van der Waals surface area contributed by atoms with Crippen LogP contribution < -0.4 is 4.90 Å². The van der Waals surface area contributed by atoms with Crippen LogP contribution in [0.25, 0.3) is 93.5 Å². The summed E-state index contributed by atoms with van der Waals surface area (Å²) in [4.78, 5) is 7.78. The highest BCUT2D eigenvalue weighted by Crippen LogP contribution is 2.59. The van der Waals surface area contributed by atoms with Crippen molar-refractivity contribution in [2.75, 3.05) is 4.90 Å². The van der Waals surface area contributed by atoms with Gasteiger partial charge in [0.15, 0.2) is 0 Å². The average molecular weight is 764 g/mol. The molecule has 9 aromatic carbocycles. The molecule has 0 N–H and O–H groups in total. The van der Waals surface area contributed by atoms with Gasteiger partial charge in [0.25, 0.3) is 0 Å². The third-order valence-corrected chi connectivity index (χ3v) is 12.9. The first-order chi connectivity index (χ1) is 29.8. The van der Waals surface area contributed by atoms with Crippen molar-refractivity contribution in [3.8, 4) is 50.2 Å². The van der Waals surface area contributed by atoms with Crippen LogP contribution in [0.3, 0.4) is 0 Å². The van der Waals surface area contributed by atoms with Crippen LogP contribution in [0, 0.1) is 0 Å². The summed E-state index contributed by atoms with van der Waals surface area (Å²) in [7, 11) is 0. The molecule has 3 heteroatoms. The van der Waals surface area contributed by atoms with Gasteiger partial charge in [-0.05, 0) is 102 Å². The average Bonchev–Trinajstić information content (AvgIpc) is 3.98. The van der Waals surface area contributed by atoms with Crippen molar-refractivity contribution in [2.45, 2.75) is 12.1 Å². The minimum absolute atomic E-state index is 0.0579. The van der Waals surface area contributed by atoms with Crippen LogP contribution in [0.2, 0.25) is 0 Å². The number of fused-ring (bicyclic) bond motifs is 9. The molecule has 2 aliphatic carbocycles. The van der Waals surface area contributed by atoms with Gasteiger partial charge in [0.2, 0.25) is 0 Å². The SMILES string of the molecule is C1=CC2N=C(c3cccc(-n4c5ccccc5c5c6cccc7c6c(cc54)-c4c-7c(-c5ccccc5)c5ccccc5c4-c4ccccc4)c3)N(c3ccccc3)C2C=C1. The topological polar surface area (TPSA) is 20.5 Å². The molecule has 2 atom stereocenters. The number of hydrogen-bond donors (Lipinski definition) is 0. The van der Waals surface area contributed by atoms with Gasteiger partial charge >= 0.3 is 0 Å². The molecular formula is C57H37N3. The third-order valence-electron chi connectivity index (χ3n) is 12.9. The summed E-state index contributed by atoms with van der Waals surface area (Å²) >= 11 is 0. The Morgan fingerprint density at radius 2 is 0.950 bits per heavy atom. The van der Waals surface area contributed by atoms with Gasteiger partial charge < -0.3 is 9.47 Å². The van der Waals surface area contributed by atoms with E-state index in [1.165, 1.54) is 87.9 Å². The number of hydrogen-bond acceptors (Lipinski definition) is 2. The summed E-state index contributed by atoms with van der Waals surface area (Å²) < 4.78 is 2.49. The Labute approximate surface area is 348 Å². The zero-order chi connectivity index (χ0) is 39.3. The lowest BCUT2D eigenvalue weighted by Crippen LogP contribution is -2.39. The highest BCUT2D eigenvalue weighted by Gasteiger charge is 2.36. The molecule has 0 saturated carbocycles. The lowest BCUT2D eigenvalue weighted by molar-refractivity contribution is 0.739. The lowest BCUT2D eigenvalue weighted by atomic mass is 9.82. The van der Waals surface area contributed by atoms with E-state index in [9.17, 15) is 0 Å². The van der Waals surface area contributed by atoms with Gasteiger partial charge in [0.1, 0.15) is 5.84 Å². The number of anilines is 1. The summed E-state index contributed by atoms with van der Waals surface area (Å²) in [5, 5.41) is 7.67. The molecule has 10 aromatic rings. The largest absolute Gasteiger partial charge is 0.317 e. The van der Waals surface area contributed by atoms with Crippen LogP contribution in [0.15, 0.2) is 217 Å². The molecule has 1 aromatic heterocycles. The van der Waals surface area contributed by atoms with Gasteiger partial charge in [-0.25, -0.2) is 0 Å². The Morgan fingerprint density at radius 1 is 0.383 bits per heavy atom. The fourth-order valence-electron chi connectivity index (χ4n) is 10.6. The van der Waals surface area contributed by atoms with E-state index in [0.29, 0.717) is 0 Å². The first-order valence-corrected chi connectivity index (χ1v) is 20.9. The van der Waals surface area contributed by atoms with Crippen LogP contribution in [-0.2, 0) is 0 Å². The molecule has 0 amide bonds. The van der Waals surface area contributed by atoms with Crippen LogP contribution >= 0.6 is 0 Å². The highest BCUT2D eigenvalue weighted by atomic mass is 15.3. The maximum Gasteiger partial charge on any atom is 0.136 e. The van der Waals surface area contributed by atoms with Crippen LogP contribution in [-0.4, -0.2) is 22.5 Å². The number of allylic oxidation sites excluding steroid dienone is 2. The number of aromatic nitrogens is 1. The maximum absolute atomic E-state index is 5.38. The Morgan fingerprint density at radius 3 is 1.68 bits per heavy atom. The summed E-state index contributed by atoms with van der Waals surface area (Å²) in [5.74, 6) is 0.991. The molecular weight excluding hydrogens is 727 g/mol. The minimum Gasteiger partial charge on any atom is -0.317 e. The van der Waals surface area contributed by atoms with E-state index >= 15 is 0 Å². The lowest BCUT2D eigenvalue weighted by Gasteiger charge is -2.29. The van der Waals surface area contributed by atoms with Crippen molar-refractivity contribution < 1.29 is 0 Å². The summed E-state index contributed by atoms with van der Waals surface area (Å²) in [6.07, 6.45) is 8.77. The third kappa shape index (κ3) is 4.69. The van der Waals surface area contributed by atoms with Crippen molar-refractivity contribution in [3.63, 3.8) is 0 Å². The zero-order valence-electron chi connectivity index (χ0n) is 32.7. The number of nitrogens with zero attached hydrogens (tertiary/aromatic N) is 3. The predicted octanol–water partition coefficient (Wildman–Crippen LogP) is 14.2. The van der Waals surface area contributed by atoms with E-state index in [2.05, 4.69) is 222 Å². The van der Waals surface area contributed by atoms with Gasteiger partial charge in [-0.2, -0.15) is 0 Å². The molecule has 280 valence electrons. The molecule has 60 heavy (non-hydrogen) atoms. The number of benzene rings is 9. The van der Waals surface area contributed by atoms with Crippen molar-refractivity contribution in [2.24, 2.45) is 4.99 Å². The van der Waals surface area contributed by atoms with Crippen molar-refractivity contribution in [1.29, 1.82) is 0 Å². The van der Waals surface area contributed by atoms with E-state index in [1.54, 1.807) is 0 Å². The van der Waals surface area contributed by atoms with E-state index < -0.39 is 0 Å². The van der Waals surface area contributed by atoms with Gasteiger partial charge in [-0.3, -0.25) is 4.99 Å². The summed E-state index contributed by atoms with van der Waals surface area (Å²) in [5.41, 5.74) is 16.0. The molecule has 3 aliphatic rings. The van der Waals surface area contributed by atoms with Crippen LogP contribution in [0.1, 0.15) is 5.56 Å². The second kappa shape index (κ2) is 12.9. The first-order valence-electron chi connectivity index (χ1n) is 20.9. The van der Waals surface area contributed by atoms with E-state index in [0.717, 1.165) is 22.8 Å². The molecule has 13 rings (SSSR count). The quantitative estimate of drug-likeness (QED) is 0.171. The second-order valence-corrected chi connectivity index (χ2v) is 16.1. The molecule has 0 bridgehead atoms. The zero-order valence-corrected chi connectivity index (χ0v) is 32.7. The van der Waals surface area contributed by atoms with Crippen molar-refractivity contribution in [3.05, 3.63) is 218 Å². The number of rotatable bonds is 5. The standard InChI is InChI=1S/C57H37N3/c1-4-18-36(19-5-1)51-41-26-10-11-27-42(41)52(37-20-6-2-7-21-37)56-46-35-50-54(44-29-17-30-45(53(44)46)55(51)56)43-28-12-14-32-48(43)59(50)40-25-16-22-38(34-40)57-58-47-31-13-15-33-49(47)60(57)39-23-8-3-9-24-39/h1-35,47,49H. The Hall–Kier alpha value is -7.75. The van der Waals surface area contributed by atoms with Crippen molar-refractivity contribution in [1.82, 2.24) is 4.57 Å². The predicted molar refractivity (Wildman–Crippen MR) is 252 cm³/mol. The highest BCUT2D eigenvalue weighted by molar-refractivity contribution is 6.33. The Bertz CT molecular complexity index is 3480. The van der Waals surface area contributed by atoms with Crippen LogP contribution in [0.5, 0.6) is 0 Å². The van der Waals surface area contributed by atoms with E-state index in [1.807, 2.05) is 0 Å². The van der Waals surface area contributed by atoms with Gasteiger partial charge in [-0.1, -0.05) is 176 Å². The van der Waals surface area contributed by atoms with Crippen LogP contribution in [0.4, 0.5) is 5.69 Å². The Kier molecular flexibility index (Phi) is 7.13. The molecule has 3 nitrogen and oxygen atoms in total. The van der Waals surface area contributed by atoms with Gasteiger partial charge in [0.05, 0.1) is 23.1 Å². The van der Waals surface area contributed by atoms with Gasteiger partial charge in [0, 0.05) is 27.7 Å². The van der Waals surface area contributed by atoms with E-state index in [4.69, 9.17) is 4.99 Å². The molecule has 1 aliphatic heterocycles. The van der Waals surface area contributed by atoms with Gasteiger partial charge in [-0.15, -0.1) is 0 Å². The monoisotopic (exact) mass is 763 g/mol. The van der Waals surface area contributed by atoms with Crippen molar-refractivity contribution >= 4 is 54.9 Å². The number of para-hydroxylation sites is 2. The second-order valence-electron chi connectivity index (χ2n) is 16.1. The molecule has 0 fully saturated rings. The van der Waals surface area contributed by atoms with E-state index in [-0.39, 0.29) is 12.1 Å². The molecule has 0 spiro atoms. The molecule has 2 heterocycles. The Balaban J connectivity index is 1.12. The fourth-order valence-corrected chi connectivity index (χ4v) is 10.6. The normalized spacial score (nSPS) is 16.3. The number of amidine groups is 1. The fraction of sp³-hybridized carbons (Fsp3) is 0.0351. The molecule has 0 radical (unpaired) electrons. The molecule has 2 unspecified atom stereocenters. The maximum atomic E-state index is 5.38. The number of aliphatic imine (C=N–C) groups is 1. The summed E-state index contributed by atoms with van der Waals surface area (Å²) in [6.45, 7) is 0. The molecule has 0 saturated heterocycles. The smallest absolute Gasteiger partial charge is 0.136 e. The summed E-state index contributed by atoms with van der Waals surface area (Å²) in [6, 6.07) is 69.3. The first kappa shape index (κ1) is 33.2. The minimum atomic E-state index is 0.0579.